The number of hydrogen-bond acceptors (Lipinski definition) is 4. The zero-order valence-electron chi connectivity index (χ0n) is 19.4. The van der Waals surface area contributed by atoms with Crippen molar-refractivity contribution in [3.8, 4) is 0 Å². The number of thioether (sulfide) groups is 1. The van der Waals surface area contributed by atoms with Crippen LogP contribution >= 0.6 is 35.7 Å². The van der Waals surface area contributed by atoms with Crippen molar-refractivity contribution in [2.75, 3.05) is 26.0 Å². The van der Waals surface area contributed by atoms with Crippen LogP contribution in [-0.4, -0.2) is 38.1 Å². The van der Waals surface area contributed by atoms with Gasteiger partial charge in [-0.05, 0) is 61.3 Å². The van der Waals surface area contributed by atoms with E-state index in [0.29, 0.717) is 19.3 Å². The number of nitrogens with zero attached hydrogens (tertiary/aromatic N) is 1. The maximum atomic E-state index is 6.06. The molecular weight excluding hydrogens is 533 g/mol. The van der Waals surface area contributed by atoms with Gasteiger partial charge in [-0.15, -0.1) is 35.7 Å². The van der Waals surface area contributed by atoms with Crippen LogP contribution in [0.3, 0.4) is 0 Å². The van der Waals surface area contributed by atoms with E-state index in [4.69, 9.17) is 14.5 Å². The van der Waals surface area contributed by atoms with Gasteiger partial charge in [-0.25, -0.2) is 4.99 Å². The number of aryl methyl sites for hydroxylation is 1. The van der Waals surface area contributed by atoms with Gasteiger partial charge in [-0.1, -0.05) is 36.4 Å². The molecule has 0 radical (unpaired) electrons. The van der Waals surface area contributed by atoms with Crippen molar-refractivity contribution in [3.63, 3.8) is 0 Å². The molecule has 0 bridgehead atoms. The summed E-state index contributed by atoms with van der Waals surface area (Å²) in [6.45, 7) is 8.68. The summed E-state index contributed by atoms with van der Waals surface area (Å²) in [6, 6.07) is 15.1. The number of hydrogen-bond donors (Lipinski definition) is 2. The topological polar surface area (TPSA) is 54.9 Å². The van der Waals surface area contributed by atoms with E-state index >= 15 is 0 Å². The first-order chi connectivity index (χ1) is 15.2. The third-order valence-corrected chi connectivity index (χ3v) is 6.12. The van der Waals surface area contributed by atoms with Crippen molar-refractivity contribution >= 4 is 41.7 Å². The Bertz CT molecular complexity index is 857. The largest absolute Gasteiger partial charge is 0.381 e. The molecule has 0 unspecified atom stereocenters. The highest BCUT2D eigenvalue weighted by atomic mass is 127. The summed E-state index contributed by atoms with van der Waals surface area (Å²) < 4.78 is 11.5. The molecule has 1 saturated heterocycles. The first-order valence-electron chi connectivity index (χ1n) is 11.1. The van der Waals surface area contributed by atoms with E-state index in [1.54, 1.807) is 11.8 Å². The third kappa shape index (κ3) is 8.92. The molecule has 2 aromatic rings. The van der Waals surface area contributed by atoms with Crippen LogP contribution in [0.2, 0.25) is 0 Å². The minimum Gasteiger partial charge on any atom is -0.381 e. The van der Waals surface area contributed by atoms with Crippen molar-refractivity contribution < 1.29 is 9.47 Å². The lowest BCUT2D eigenvalue weighted by Crippen LogP contribution is -2.36. The molecule has 0 aromatic heterocycles. The first-order valence-corrected chi connectivity index (χ1v) is 12.3. The van der Waals surface area contributed by atoms with Gasteiger partial charge in [0.05, 0.1) is 19.3 Å². The molecule has 2 aromatic carbocycles. The molecule has 5 nitrogen and oxygen atoms in total. The maximum absolute atomic E-state index is 6.06. The Morgan fingerprint density at radius 1 is 1.12 bits per heavy atom. The second kappa shape index (κ2) is 14.8. The summed E-state index contributed by atoms with van der Waals surface area (Å²) in [5.41, 5.74) is 4.96. The predicted molar refractivity (Wildman–Crippen MR) is 145 cm³/mol. The van der Waals surface area contributed by atoms with Gasteiger partial charge in [0.1, 0.15) is 0 Å². The summed E-state index contributed by atoms with van der Waals surface area (Å²) in [5, 5.41) is 6.82. The Morgan fingerprint density at radius 2 is 1.91 bits per heavy atom. The number of benzene rings is 2. The van der Waals surface area contributed by atoms with Crippen molar-refractivity contribution in [2.45, 2.75) is 57.4 Å². The number of nitrogens with one attached hydrogen (secondary N) is 2. The number of aliphatic imine (C=N–C) groups is 1. The standard InChI is InChI=1S/C25H35N3O2S.HI/c1-4-26-25(28-17-22-9-8-19(2)14-24(22)31-3)27-16-20-6-5-7-21(15-20)18-30-23-10-12-29-13-11-23;/h5-9,14-15,23H,4,10-13,16-18H2,1-3H3,(H2,26,27,28);1H. The van der Waals surface area contributed by atoms with E-state index in [2.05, 4.69) is 73.2 Å². The highest BCUT2D eigenvalue weighted by Crippen LogP contribution is 2.21. The summed E-state index contributed by atoms with van der Waals surface area (Å²) in [6.07, 6.45) is 4.41. The van der Waals surface area contributed by atoms with Crippen LogP contribution in [0.1, 0.15) is 42.0 Å². The van der Waals surface area contributed by atoms with Crippen LogP contribution in [0.25, 0.3) is 0 Å². The number of guanidine groups is 1. The maximum Gasteiger partial charge on any atom is 0.191 e. The highest BCUT2D eigenvalue weighted by Gasteiger charge is 2.14. The average molecular weight is 570 g/mol. The van der Waals surface area contributed by atoms with Crippen molar-refractivity contribution in [1.29, 1.82) is 0 Å². The summed E-state index contributed by atoms with van der Waals surface area (Å²) >= 11 is 1.78. The lowest BCUT2D eigenvalue weighted by molar-refractivity contribution is -0.0390. The number of halogens is 1. The van der Waals surface area contributed by atoms with Crippen molar-refractivity contribution in [3.05, 3.63) is 64.7 Å². The number of ether oxygens (including phenoxy) is 2. The van der Waals surface area contributed by atoms with E-state index in [9.17, 15) is 0 Å². The van der Waals surface area contributed by atoms with Crippen LogP contribution in [0, 0.1) is 6.92 Å². The monoisotopic (exact) mass is 569 g/mol. The third-order valence-electron chi connectivity index (χ3n) is 5.30. The Balaban J connectivity index is 0.00000363. The van der Waals surface area contributed by atoms with E-state index < -0.39 is 0 Å². The second-order valence-electron chi connectivity index (χ2n) is 7.81. The van der Waals surface area contributed by atoms with E-state index in [1.165, 1.54) is 27.1 Å². The van der Waals surface area contributed by atoms with Gasteiger partial charge in [0.15, 0.2) is 5.96 Å². The van der Waals surface area contributed by atoms with Crippen molar-refractivity contribution in [1.82, 2.24) is 10.6 Å². The SMILES string of the molecule is CCNC(=NCc1cccc(COC2CCOCC2)c1)NCc1ccc(C)cc1SC.I. The quantitative estimate of drug-likeness (QED) is 0.186. The molecule has 0 amide bonds. The fraction of sp³-hybridized carbons (Fsp3) is 0.480. The second-order valence-corrected chi connectivity index (χ2v) is 8.65. The van der Waals surface area contributed by atoms with Crippen LogP contribution in [0.4, 0.5) is 0 Å². The molecule has 32 heavy (non-hydrogen) atoms. The van der Waals surface area contributed by atoms with Gasteiger partial charge >= 0.3 is 0 Å². The van der Waals surface area contributed by atoms with Gasteiger partial charge in [0, 0.05) is 31.2 Å². The Kier molecular flexibility index (Phi) is 12.4. The molecule has 0 atom stereocenters. The molecule has 3 rings (SSSR count). The average Bonchev–Trinajstić information content (AvgIpc) is 2.81. The lowest BCUT2D eigenvalue weighted by Gasteiger charge is -2.22. The van der Waals surface area contributed by atoms with Crippen LogP contribution in [0.5, 0.6) is 0 Å². The zero-order valence-corrected chi connectivity index (χ0v) is 22.5. The summed E-state index contributed by atoms with van der Waals surface area (Å²) in [4.78, 5) is 6.10. The van der Waals surface area contributed by atoms with Gasteiger partial charge in [-0.2, -0.15) is 0 Å². The molecule has 1 fully saturated rings. The summed E-state index contributed by atoms with van der Waals surface area (Å²) in [7, 11) is 0. The highest BCUT2D eigenvalue weighted by molar-refractivity contribution is 14.0. The minimum absolute atomic E-state index is 0. The molecule has 1 aliphatic rings. The van der Waals surface area contributed by atoms with Gasteiger partial charge in [-0.3, -0.25) is 0 Å². The molecule has 0 spiro atoms. The van der Waals surface area contributed by atoms with Gasteiger partial charge < -0.3 is 20.1 Å². The molecule has 2 N–H and O–H groups in total. The molecular formula is C25H36IN3O2S. The van der Waals surface area contributed by atoms with E-state index in [-0.39, 0.29) is 24.0 Å². The zero-order chi connectivity index (χ0) is 21.9. The molecule has 0 aliphatic carbocycles. The minimum atomic E-state index is 0. The smallest absolute Gasteiger partial charge is 0.191 e. The Hall–Kier alpha value is -1.29. The van der Waals surface area contributed by atoms with E-state index in [1.807, 2.05) is 0 Å². The van der Waals surface area contributed by atoms with Crippen LogP contribution in [0.15, 0.2) is 52.4 Å². The van der Waals surface area contributed by atoms with Gasteiger partial charge in [0.25, 0.3) is 0 Å². The van der Waals surface area contributed by atoms with Crippen LogP contribution < -0.4 is 10.6 Å². The first kappa shape index (κ1) is 27.0. The van der Waals surface area contributed by atoms with Crippen LogP contribution in [-0.2, 0) is 29.2 Å². The van der Waals surface area contributed by atoms with Gasteiger partial charge in [0.2, 0.25) is 0 Å². The molecule has 7 heteroatoms. The van der Waals surface area contributed by atoms with Crippen molar-refractivity contribution in [2.24, 2.45) is 4.99 Å². The summed E-state index contributed by atoms with van der Waals surface area (Å²) in [5.74, 6) is 0.832. The molecule has 1 heterocycles. The predicted octanol–water partition coefficient (Wildman–Crippen LogP) is 5.29. The Morgan fingerprint density at radius 3 is 2.66 bits per heavy atom. The normalized spacial score (nSPS) is 14.7. The fourth-order valence-corrected chi connectivity index (χ4v) is 4.27. The Labute approximate surface area is 214 Å². The van der Waals surface area contributed by atoms with E-state index in [0.717, 1.165) is 45.1 Å². The number of rotatable bonds is 9. The molecule has 0 saturated carbocycles. The molecule has 1 aliphatic heterocycles. The fourth-order valence-electron chi connectivity index (χ4n) is 3.56. The molecule has 176 valence electrons. The lowest BCUT2D eigenvalue weighted by atomic mass is 10.1.